The van der Waals surface area contributed by atoms with Crippen molar-refractivity contribution in [3.8, 4) is 17.9 Å². The number of amides is 1. The van der Waals surface area contributed by atoms with Crippen LogP contribution in [0, 0.1) is 22.7 Å². The van der Waals surface area contributed by atoms with Gasteiger partial charge >= 0.3 is 19.9 Å². The van der Waals surface area contributed by atoms with Crippen LogP contribution in [0.5, 0.6) is 5.75 Å². The van der Waals surface area contributed by atoms with Crippen molar-refractivity contribution < 1.29 is 41.9 Å². The van der Waals surface area contributed by atoms with Crippen molar-refractivity contribution in [2.24, 2.45) is 0 Å². The van der Waals surface area contributed by atoms with Crippen LogP contribution in [0.25, 0.3) is 5.65 Å². The molecule has 1 amide bonds. The molecular formula is C42H54ClN10O9P. The number of ether oxygens (including phenoxy) is 3. The number of alkyl carbamates (subject to hydrolysis) is 1. The zero-order valence-corrected chi connectivity index (χ0v) is 38.6. The summed E-state index contributed by atoms with van der Waals surface area (Å²) in [6.45, 7) is 13.6. The zero-order chi connectivity index (χ0) is 46.1. The van der Waals surface area contributed by atoms with E-state index in [1.54, 1.807) is 60.8 Å². The molecule has 0 spiro atoms. The summed E-state index contributed by atoms with van der Waals surface area (Å²) in [5, 5.41) is 30.8. The fourth-order valence-electron chi connectivity index (χ4n) is 6.60. The molecule has 2 atom stereocenters. The number of carbonyl (C=O) groups excluding carboxylic acids is 2. The number of nitrogens with one attached hydrogen (secondary N) is 2. The molecule has 2 aromatic carbocycles. The second kappa shape index (κ2) is 20.7. The van der Waals surface area contributed by atoms with Crippen molar-refractivity contribution in [1.82, 2.24) is 24.9 Å². The van der Waals surface area contributed by atoms with Gasteiger partial charge in [0.2, 0.25) is 5.95 Å². The number of carbonyl (C=O) groups is 2. The van der Waals surface area contributed by atoms with Gasteiger partial charge in [0.25, 0.3) is 0 Å². The quantitative estimate of drug-likeness (QED) is 0.0588. The van der Waals surface area contributed by atoms with Crippen molar-refractivity contribution >= 4 is 60.3 Å². The van der Waals surface area contributed by atoms with Gasteiger partial charge in [-0.05, 0) is 91.1 Å². The third kappa shape index (κ3) is 13.2. The van der Waals surface area contributed by atoms with Crippen molar-refractivity contribution in [3.63, 3.8) is 0 Å². The number of anilines is 4. The Morgan fingerprint density at radius 2 is 1.75 bits per heavy atom. The number of phosphoric ester groups is 1. The van der Waals surface area contributed by atoms with Crippen LogP contribution in [0.15, 0.2) is 42.6 Å². The molecule has 1 fully saturated rings. The first kappa shape index (κ1) is 48.3. The predicted molar refractivity (Wildman–Crippen MR) is 235 cm³/mol. The number of piperidine rings is 1. The normalized spacial score (nSPS) is 15.6. The fourth-order valence-corrected chi connectivity index (χ4v) is 8.72. The molecule has 1 aliphatic rings. The number of benzene rings is 2. The molecule has 5 rings (SSSR count). The summed E-state index contributed by atoms with van der Waals surface area (Å²) < 4.78 is 47.9. The van der Waals surface area contributed by atoms with Gasteiger partial charge in [-0.25, -0.2) is 14.3 Å². The Hall–Kier alpha value is -5.69. The predicted octanol–water partition coefficient (Wildman–Crippen LogP) is 7.68. The van der Waals surface area contributed by atoms with Crippen LogP contribution in [-0.4, -0.2) is 95.5 Å². The number of fused-ring (bicyclic) bond motifs is 1. The number of rotatable bonds is 17. The lowest BCUT2D eigenvalue weighted by atomic mass is 10.0. The van der Waals surface area contributed by atoms with Gasteiger partial charge in [-0.3, -0.25) is 18.4 Å². The summed E-state index contributed by atoms with van der Waals surface area (Å²) in [4.78, 5) is 38.8. The van der Waals surface area contributed by atoms with E-state index >= 15 is 0 Å². The SMILES string of the molecule is CCN(Cc1ccc(OC)cc1)c1nc(Nc2cc(C#N)cc(N3CCC(NC(=O)OC)C(OC(=O)CCCOP(=O)(OC(C)(C)C)OC(C)(C)C)C3)c2Cl)nn2c(C#N)cnc12. The Morgan fingerprint density at radius 3 is 2.35 bits per heavy atom. The van der Waals surface area contributed by atoms with Crippen LogP contribution in [-0.2, 0) is 38.9 Å². The van der Waals surface area contributed by atoms with Crippen molar-refractivity contribution in [3.05, 3.63) is 64.4 Å². The Labute approximate surface area is 372 Å². The van der Waals surface area contributed by atoms with Crippen LogP contribution in [0.4, 0.5) is 27.9 Å². The van der Waals surface area contributed by atoms with E-state index in [-0.39, 0.29) is 48.2 Å². The minimum absolute atomic E-state index is 0.0724. The Balaban J connectivity index is 1.38. The number of phosphoric acid groups is 1. The largest absolute Gasteiger partial charge is 0.497 e. The minimum atomic E-state index is -3.99. The molecule has 0 aliphatic carbocycles. The van der Waals surface area contributed by atoms with E-state index in [0.717, 1.165) is 11.3 Å². The summed E-state index contributed by atoms with van der Waals surface area (Å²) in [5.74, 6) is 0.645. The summed E-state index contributed by atoms with van der Waals surface area (Å²) in [6, 6.07) is 14.5. The number of esters is 1. The fraction of sp³-hybridized carbons (Fsp3) is 0.500. The molecule has 2 N–H and O–H groups in total. The van der Waals surface area contributed by atoms with E-state index in [1.807, 2.05) is 41.0 Å². The van der Waals surface area contributed by atoms with Gasteiger partial charge in [-0.1, -0.05) is 23.7 Å². The van der Waals surface area contributed by atoms with Gasteiger partial charge in [0.1, 0.15) is 17.9 Å². The Kier molecular flexibility index (Phi) is 15.9. The van der Waals surface area contributed by atoms with Crippen molar-refractivity contribution in [2.75, 3.05) is 55.6 Å². The Bertz CT molecular complexity index is 2370. The highest BCUT2D eigenvalue weighted by Gasteiger charge is 2.38. The van der Waals surface area contributed by atoms with Gasteiger partial charge in [-0.15, -0.1) is 5.10 Å². The first-order valence-corrected chi connectivity index (χ1v) is 22.1. The van der Waals surface area contributed by atoms with E-state index in [9.17, 15) is 24.7 Å². The van der Waals surface area contributed by atoms with E-state index in [4.69, 9.17) is 44.4 Å². The van der Waals surface area contributed by atoms with E-state index in [0.29, 0.717) is 48.9 Å². The van der Waals surface area contributed by atoms with Gasteiger partial charge in [0, 0.05) is 26.1 Å². The monoisotopic (exact) mass is 908 g/mol. The maximum Gasteiger partial charge on any atom is 0.475 e. The first-order chi connectivity index (χ1) is 29.8. The molecular weight excluding hydrogens is 855 g/mol. The lowest BCUT2D eigenvalue weighted by Crippen LogP contribution is -2.55. The number of hydrogen-bond donors (Lipinski definition) is 2. The maximum absolute atomic E-state index is 13.4. The summed E-state index contributed by atoms with van der Waals surface area (Å²) in [7, 11) is -1.16. The zero-order valence-electron chi connectivity index (χ0n) is 36.9. The van der Waals surface area contributed by atoms with Crippen LogP contribution in [0.2, 0.25) is 5.02 Å². The number of aromatic nitrogens is 4. The highest BCUT2D eigenvalue weighted by atomic mass is 35.5. The number of halogens is 1. The number of imidazole rings is 1. The van der Waals surface area contributed by atoms with E-state index in [1.165, 1.54) is 17.8 Å². The molecule has 2 aromatic heterocycles. The molecule has 19 nitrogen and oxygen atoms in total. The third-order valence-electron chi connectivity index (χ3n) is 9.32. The van der Waals surface area contributed by atoms with Crippen LogP contribution >= 0.6 is 19.4 Å². The molecule has 4 aromatic rings. The van der Waals surface area contributed by atoms with Crippen LogP contribution in [0.3, 0.4) is 0 Å². The first-order valence-electron chi connectivity index (χ1n) is 20.3. The number of nitriles is 2. The van der Waals surface area contributed by atoms with E-state index < -0.39 is 43.2 Å². The highest BCUT2D eigenvalue weighted by Crippen LogP contribution is 2.55. The maximum atomic E-state index is 13.4. The number of hydrogen-bond acceptors (Lipinski definition) is 17. The molecule has 21 heteroatoms. The molecule has 3 heterocycles. The highest BCUT2D eigenvalue weighted by molar-refractivity contribution is 7.48. The standard InChI is InChI=1S/C42H54ClN10O9P/c1-10-51(25-27-13-15-30(57-8)16-14-27)38-37-46-24-29(23-45)53(37)50-39(49-38)47-32-20-28(22-44)21-33(36(32)43)52-18-17-31(48-40(55)58-9)34(26-52)60-35(54)12-11-19-59-63(56,61-41(2,3)4)62-42(5,6)7/h13-16,20-21,24,31,34H,10-12,17-19,25-26H2,1-9H3,(H,47,50)(H,48,55). The second-order valence-corrected chi connectivity index (χ2v) is 18.4. The summed E-state index contributed by atoms with van der Waals surface area (Å²) in [6.07, 6.45) is 0.158. The molecule has 1 aliphatic heterocycles. The molecule has 0 radical (unpaired) electrons. The third-order valence-corrected chi connectivity index (χ3v) is 11.8. The molecule has 63 heavy (non-hydrogen) atoms. The summed E-state index contributed by atoms with van der Waals surface area (Å²) in [5.41, 5.74) is 0.845. The smallest absolute Gasteiger partial charge is 0.475 e. The topological polar surface area (TPSA) is 228 Å². The van der Waals surface area contributed by atoms with Crippen molar-refractivity contribution in [2.45, 2.75) is 97.6 Å². The second-order valence-electron chi connectivity index (χ2n) is 16.5. The molecule has 0 saturated carbocycles. The van der Waals surface area contributed by atoms with Crippen LogP contribution < -0.4 is 25.2 Å². The Morgan fingerprint density at radius 1 is 1.05 bits per heavy atom. The van der Waals surface area contributed by atoms with Gasteiger partial charge in [0.15, 0.2) is 17.2 Å². The van der Waals surface area contributed by atoms with Crippen LogP contribution in [0.1, 0.15) is 84.5 Å². The number of nitrogens with zero attached hydrogens (tertiary/aromatic N) is 8. The average Bonchev–Trinajstić information content (AvgIpc) is 3.64. The number of methoxy groups -OCH3 is 2. The average molecular weight is 909 g/mol. The molecule has 338 valence electrons. The van der Waals surface area contributed by atoms with Gasteiger partial charge in [0.05, 0.1) is 78.8 Å². The van der Waals surface area contributed by atoms with E-state index in [2.05, 4.69) is 32.9 Å². The van der Waals surface area contributed by atoms with Gasteiger partial charge in [-0.2, -0.15) is 20.0 Å². The lowest BCUT2D eigenvalue weighted by Gasteiger charge is -2.39. The molecule has 0 bridgehead atoms. The van der Waals surface area contributed by atoms with Gasteiger partial charge < -0.3 is 34.6 Å². The van der Waals surface area contributed by atoms with Crippen molar-refractivity contribution in [1.29, 1.82) is 10.5 Å². The minimum Gasteiger partial charge on any atom is -0.497 e. The summed E-state index contributed by atoms with van der Waals surface area (Å²) >= 11 is 7.12. The molecule has 1 saturated heterocycles. The molecule has 2 unspecified atom stereocenters. The lowest BCUT2D eigenvalue weighted by molar-refractivity contribution is -0.151.